The molecule has 2 rings (SSSR count). The summed E-state index contributed by atoms with van der Waals surface area (Å²) in [5.74, 6) is 1.00. The molecule has 0 aliphatic rings. The van der Waals surface area contributed by atoms with Crippen molar-refractivity contribution < 1.29 is 9.66 Å². The van der Waals surface area contributed by atoms with E-state index in [0.29, 0.717) is 11.5 Å². The van der Waals surface area contributed by atoms with Gasteiger partial charge in [-0.3, -0.25) is 10.1 Å². The van der Waals surface area contributed by atoms with Gasteiger partial charge in [0.15, 0.2) is 0 Å². The Kier molecular flexibility index (Phi) is 4.24. The molecule has 2 aromatic carbocycles. The van der Waals surface area contributed by atoms with Gasteiger partial charge in [-0.25, -0.2) is 0 Å². The lowest BCUT2D eigenvalue weighted by atomic mass is 10.1. The monoisotopic (exact) mass is 346 g/mol. The fourth-order valence-electron chi connectivity index (χ4n) is 1.93. The highest BCUT2D eigenvalue weighted by Gasteiger charge is 2.14. The molecule has 0 atom stereocenters. The molecular formula is C15H11BrN2O3. The van der Waals surface area contributed by atoms with E-state index in [9.17, 15) is 10.1 Å². The van der Waals surface area contributed by atoms with Crippen molar-refractivity contribution in [1.82, 2.24) is 0 Å². The van der Waals surface area contributed by atoms with Crippen LogP contribution in [-0.2, 0) is 0 Å². The summed E-state index contributed by atoms with van der Waals surface area (Å²) in [6.07, 6.45) is 0. The molecule has 0 radical (unpaired) electrons. The third kappa shape index (κ3) is 3.20. The number of nitrogens with zero attached hydrogens (tertiary/aromatic N) is 2. The van der Waals surface area contributed by atoms with Gasteiger partial charge in [-0.1, -0.05) is 15.9 Å². The van der Waals surface area contributed by atoms with E-state index in [-0.39, 0.29) is 11.3 Å². The molecule has 0 aliphatic heterocycles. The van der Waals surface area contributed by atoms with Crippen LogP contribution in [0.5, 0.6) is 11.5 Å². The van der Waals surface area contributed by atoms with E-state index >= 15 is 0 Å². The number of ether oxygens (including phenoxy) is 1. The van der Waals surface area contributed by atoms with E-state index in [2.05, 4.69) is 15.9 Å². The number of aryl methyl sites for hydroxylation is 2. The maximum Gasteiger partial charge on any atom is 0.287 e. The van der Waals surface area contributed by atoms with Crippen LogP contribution in [0.4, 0.5) is 5.69 Å². The Bertz CT molecular complexity index is 743. The van der Waals surface area contributed by atoms with Crippen LogP contribution in [0.25, 0.3) is 0 Å². The second-order valence-corrected chi connectivity index (χ2v) is 5.31. The smallest absolute Gasteiger partial charge is 0.287 e. The van der Waals surface area contributed by atoms with Gasteiger partial charge in [0.05, 0.1) is 4.92 Å². The third-order valence-electron chi connectivity index (χ3n) is 2.93. The van der Waals surface area contributed by atoms with Crippen molar-refractivity contribution in [2.24, 2.45) is 0 Å². The second kappa shape index (κ2) is 5.94. The van der Waals surface area contributed by atoms with Crippen molar-refractivity contribution in [2.45, 2.75) is 13.8 Å². The van der Waals surface area contributed by atoms with Gasteiger partial charge in [-0.15, -0.1) is 0 Å². The quantitative estimate of drug-likeness (QED) is 0.599. The van der Waals surface area contributed by atoms with Crippen molar-refractivity contribution in [1.29, 1.82) is 5.26 Å². The van der Waals surface area contributed by atoms with Crippen molar-refractivity contribution >= 4 is 21.6 Å². The van der Waals surface area contributed by atoms with Crippen LogP contribution in [0.2, 0.25) is 0 Å². The first kappa shape index (κ1) is 15.0. The molecule has 0 amide bonds. The number of hydrogen-bond donors (Lipinski definition) is 0. The van der Waals surface area contributed by atoms with Crippen LogP contribution in [0.3, 0.4) is 0 Å². The van der Waals surface area contributed by atoms with E-state index in [4.69, 9.17) is 10.00 Å². The molecule has 2 aromatic rings. The number of nitriles is 1. The van der Waals surface area contributed by atoms with E-state index in [1.54, 1.807) is 6.07 Å². The Hall–Kier alpha value is -2.39. The van der Waals surface area contributed by atoms with E-state index in [1.807, 2.05) is 26.0 Å². The van der Waals surface area contributed by atoms with Crippen molar-refractivity contribution in [3.8, 4) is 17.6 Å². The second-order valence-electron chi connectivity index (χ2n) is 4.52. The molecule has 0 fully saturated rings. The molecule has 5 nitrogen and oxygen atoms in total. The number of hydrogen-bond acceptors (Lipinski definition) is 4. The fraction of sp³-hybridized carbons (Fsp3) is 0.133. The van der Waals surface area contributed by atoms with Crippen LogP contribution in [0.1, 0.15) is 16.7 Å². The third-order valence-corrected chi connectivity index (χ3v) is 4.18. The molecule has 0 saturated carbocycles. The number of nitro benzene ring substituents is 1. The van der Waals surface area contributed by atoms with E-state index in [0.717, 1.165) is 15.6 Å². The molecular weight excluding hydrogens is 336 g/mol. The van der Waals surface area contributed by atoms with Crippen molar-refractivity contribution in [3.05, 3.63) is 61.6 Å². The van der Waals surface area contributed by atoms with Gasteiger partial charge in [0.1, 0.15) is 23.1 Å². The summed E-state index contributed by atoms with van der Waals surface area (Å²) in [4.78, 5) is 10.2. The maximum absolute atomic E-state index is 10.8. The SMILES string of the molecule is Cc1cc(Oc2ccc([N+](=O)[O-])c(C#N)c2)cc(C)c1Br. The minimum atomic E-state index is -0.587. The Balaban J connectivity index is 2.37. The summed E-state index contributed by atoms with van der Waals surface area (Å²) in [5, 5.41) is 19.8. The number of nitro groups is 1. The van der Waals surface area contributed by atoms with Gasteiger partial charge < -0.3 is 4.74 Å². The minimum absolute atomic E-state index is 0.0249. The lowest BCUT2D eigenvalue weighted by Crippen LogP contribution is -1.94. The maximum atomic E-state index is 10.8. The van der Waals surface area contributed by atoms with Gasteiger partial charge in [-0.2, -0.15) is 5.26 Å². The van der Waals surface area contributed by atoms with E-state index in [1.165, 1.54) is 18.2 Å². The van der Waals surface area contributed by atoms with Gasteiger partial charge in [-0.05, 0) is 43.2 Å². The number of rotatable bonds is 3. The average molecular weight is 347 g/mol. The molecule has 0 bridgehead atoms. The molecule has 0 aliphatic carbocycles. The minimum Gasteiger partial charge on any atom is -0.457 e. The molecule has 0 spiro atoms. The molecule has 0 saturated heterocycles. The summed E-state index contributed by atoms with van der Waals surface area (Å²) >= 11 is 3.47. The predicted octanol–water partition coefficient (Wildman–Crippen LogP) is 4.64. The van der Waals surface area contributed by atoms with Crippen LogP contribution in [0.15, 0.2) is 34.8 Å². The van der Waals surface area contributed by atoms with Crippen LogP contribution >= 0.6 is 15.9 Å². The average Bonchev–Trinajstić information content (AvgIpc) is 2.44. The van der Waals surface area contributed by atoms with Crippen LogP contribution in [0, 0.1) is 35.3 Å². The van der Waals surface area contributed by atoms with Crippen LogP contribution < -0.4 is 4.74 Å². The van der Waals surface area contributed by atoms with Crippen molar-refractivity contribution in [3.63, 3.8) is 0 Å². The Morgan fingerprint density at radius 3 is 2.33 bits per heavy atom. The van der Waals surface area contributed by atoms with Gasteiger partial charge in [0.2, 0.25) is 0 Å². The largest absolute Gasteiger partial charge is 0.457 e. The standard InChI is InChI=1S/C15H11BrN2O3/c1-9-5-13(6-10(2)15(9)16)21-12-3-4-14(18(19)20)11(7-12)8-17/h3-7H,1-2H3. The molecule has 0 N–H and O–H groups in total. The normalized spacial score (nSPS) is 10.0. The first-order valence-corrected chi connectivity index (χ1v) is 6.85. The zero-order chi connectivity index (χ0) is 15.6. The zero-order valence-electron chi connectivity index (χ0n) is 11.4. The molecule has 0 aromatic heterocycles. The predicted molar refractivity (Wildman–Crippen MR) is 81.5 cm³/mol. The summed E-state index contributed by atoms with van der Waals surface area (Å²) in [6.45, 7) is 3.89. The molecule has 0 unspecified atom stereocenters. The van der Waals surface area contributed by atoms with Gasteiger partial charge >= 0.3 is 0 Å². The highest BCUT2D eigenvalue weighted by atomic mass is 79.9. The summed E-state index contributed by atoms with van der Waals surface area (Å²) in [7, 11) is 0. The van der Waals surface area contributed by atoms with Gasteiger partial charge in [0.25, 0.3) is 5.69 Å². The molecule has 6 heteroatoms. The van der Waals surface area contributed by atoms with Gasteiger partial charge in [0, 0.05) is 16.6 Å². The highest BCUT2D eigenvalue weighted by molar-refractivity contribution is 9.10. The lowest BCUT2D eigenvalue weighted by molar-refractivity contribution is -0.385. The van der Waals surface area contributed by atoms with Crippen LogP contribution in [-0.4, -0.2) is 4.92 Å². The Morgan fingerprint density at radius 1 is 1.19 bits per heavy atom. The first-order valence-electron chi connectivity index (χ1n) is 6.05. The molecule has 0 heterocycles. The summed E-state index contributed by atoms with van der Waals surface area (Å²) in [5.41, 5.74) is 1.79. The number of halogens is 1. The molecule has 106 valence electrons. The summed E-state index contributed by atoms with van der Waals surface area (Å²) in [6, 6.07) is 9.62. The van der Waals surface area contributed by atoms with E-state index < -0.39 is 4.92 Å². The highest BCUT2D eigenvalue weighted by Crippen LogP contribution is 2.31. The topological polar surface area (TPSA) is 76.2 Å². The summed E-state index contributed by atoms with van der Waals surface area (Å²) < 4.78 is 6.69. The lowest BCUT2D eigenvalue weighted by Gasteiger charge is -2.10. The first-order chi connectivity index (χ1) is 9.92. The zero-order valence-corrected chi connectivity index (χ0v) is 13.0. The number of benzene rings is 2. The Morgan fingerprint density at radius 2 is 1.81 bits per heavy atom. The fourth-order valence-corrected chi connectivity index (χ4v) is 2.16. The molecule has 21 heavy (non-hydrogen) atoms. The Labute approximate surface area is 130 Å². The van der Waals surface area contributed by atoms with Crippen molar-refractivity contribution in [2.75, 3.05) is 0 Å².